The van der Waals surface area contributed by atoms with Crippen molar-refractivity contribution in [1.29, 1.82) is 0 Å². The molecule has 2 aromatic heterocycles. The molecular weight excluding hydrogens is 568 g/mol. The lowest BCUT2D eigenvalue weighted by atomic mass is 10.1. The third-order valence-electron chi connectivity index (χ3n) is 6.19. The summed E-state index contributed by atoms with van der Waals surface area (Å²) in [5.74, 6) is 0.671. The van der Waals surface area contributed by atoms with E-state index in [-0.39, 0.29) is 11.5 Å². The summed E-state index contributed by atoms with van der Waals surface area (Å²) in [6.07, 6.45) is 1.80. The smallest absolute Gasteiger partial charge is 0.282 e. The molecule has 2 heterocycles. The van der Waals surface area contributed by atoms with Crippen LogP contribution in [0.5, 0.6) is 0 Å². The van der Waals surface area contributed by atoms with Crippen LogP contribution in [0.4, 0.5) is 0 Å². The summed E-state index contributed by atoms with van der Waals surface area (Å²) in [6.45, 7) is 6.89. The number of hydrogen-bond acceptors (Lipinski definition) is 3. The van der Waals surface area contributed by atoms with E-state index in [2.05, 4.69) is 79.7 Å². The fourth-order valence-corrected chi connectivity index (χ4v) is 4.99. The summed E-state index contributed by atoms with van der Waals surface area (Å²) in [4.78, 5) is 18.2. The van der Waals surface area contributed by atoms with Crippen molar-refractivity contribution in [2.24, 2.45) is 5.10 Å². The van der Waals surface area contributed by atoms with Gasteiger partial charge in [-0.3, -0.25) is 4.79 Å². The highest BCUT2D eigenvalue weighted by molar-refractivity contribution is 9.10. The van der Waals surface area contributed by atoms with Gasteiger partial charge in [0.25, 0.3) is 5.56 Å². The van der Waals surface area contributed by atoms with Crippen molar-refractivity contribution in [2.75, 3.05) is 0 Å². The molecule has 5 nitrogen and oxygen atoms in total. The topological polar surface area (TPSA) is 52.2 Å². The Kier molecular flexibility index (Phi) is 6.47. The van der Waals surface area contributed by atoms with Crippen molar-refractivity contribution in [1.82, 2.24) is 14.2 Å². The normalized spacial score (nSPS) is 11.9. The first-order chi connectivity index (χ1) is 16.8. The van der Waals surface area contributed by atoms with Crippen molar-refractivity contribution in [2.45, 2.75) is 33.2 Å². The molecule has 0 aliphatic rings. The Labute approximate surface area is 220 Å². The van der Waals surface area contributed by atoms with Crippen LogP contribution in [0, 0.1) is 6.92 Å². The van der Waals surface area contributed by atoms with E-state index in [4.69, 9.17) is 10.1 Å². The molecule has 5 rings (SSSR count). The van der Waals surface area contributed by atoms with Crippen LogP contribution >= 0.6 is 31.9 Å². The first-order valence-corrected chi connectivity index (χ1v) is 13.0. The van der Waals surface area contributed by atoms with Gasteiger partial charge in [0, 0.05) is 43.6 Å². The largest absolute Gasteiger partial charge is 0.340 e. The molecule has 176 valence electrons. The fraction of sp³-hybridized carbons (Fsp3) is 0.179. The number of aromatic nitrogens is 3. The van der Waals surface area contributed by atoms with Crippen LogP contribution in [0.25, 0.3) is 21.8 Å². The molecule has 0 atom stereocenters. The lowest BCUT2D eigenvalue weighted by molar-refractivity contribution is 0.665. The minimum Gasteiger partial charge on any atom is -0.340 e. The van der Waals surface area contributed by atoms with Gasteiger partial charge in [0.15, 0.2) is 0 Å². The molecule has 0 aliphatic carbocycles. The SMILES string of the molecule is Cc1c(C=Nn2c(C(C)C)nc3ccc(Br)cc3c2=O)c2ccccc2n1Cc1ccc(Br)cc1. The number of para-hydroxylation sites is 1. The Morgan fingerprint density at radius 3 is 2.43 bits per heavy atom. The zero-order valence-corrected chi connectivity index (χ0v) is 22.8. The third kappa shape index (κ3) is 4.50. The molecule has 0 aliphatic heterocycles. The first-order valence-electron chi connectivity index (χ1n) is 11.4. The summed E-state index contributed by atoms with van der Waals surface area (Å²) in [5, 5.41) is 6.34. The molecule has 0 fully saturated rings. The lowest BCUT2D eigenvalue weighted by Crippen LogP contribution is -2.23. The van der Waals surface area contributed by atoms with Crippen LogP contribution in [0.1, 0.15) is 42.4 Å². The second-order valence-electron chi connectivity index (χ2n) is 8.88. The first kappa shape index (κ1) is 23.7. The van der Waals surface area contributed by atoms with Crippen LogP contribution in [-0.2, 0) is 6.54 Å². The summed E-state index contributed by atoms with van der Waals surface area (Å²) < 4.78 is 5.63. The van der Waals surface area contributed by atoms with E-state index in [0.29, 0.717) is 16.7 Å². The average Bonchev–Trinajstić information content (AvgIpc) is 3.10. The fourth-order valence-electron chi connectivity index (χ4n) is 4.36. The van der Waals surface area contributed by atoms with Gasteiger partial charge in [-0.25, -0.2) is 4.98 Å². The van der Waals surface area contributed by atoms with E-state index < -0.39 is 0 Å². The van der Waals surface area contributed by atoms with Crippen molar-refractivity contribution in [3.63, 3.8) is 0 Å². The zero-order chi connectivity index (χ0) is 24.7. The number of hydrogen-bond donors (Lipinski definition) is 0. The highest BCUT2D eigenvalue weighted by atomic mass is 79.9. The predicted octanol–water partition coefficient (Wildman–Crippen LogP) is 7.24. The lowest BCUT2D eigenvalue weighted by Gasteiger charge is -2.12. The van der Waals surface area contributed by atoms with Gasteiger partial charge in [-0.15, -0.1) is 0 Å². The maximum absolute atomic E-state index is 13.4. The van der Waals surface area contributed by atoms with Gasteiger partial charge in [0.2, 0.25) is 0 Å². The minimum atomic E-state index is -0.174. The second-order valence-corrected chi connectivity index (χ2v) is 10.7. The van der Waals surface area contributed by atoms with Gasteiger partial charge in [0.1, 0.15) is 5.82 Å². The van der Waals surface area contributed by atoms with Crippen LogP contribution in [0.15, 0.2) is 85.6 Å². The van der Waals surface area contributed by atoms with E-state index >= 15 is 0 Å². The van der Waals surface area contributed by atoms with Gasteiger partial charge in [0.05, 0.1) is 17.1 Å². The van der Waals surface area contributed by atoms with E-state index in [9.17, 15) is 4.79 Å². The summed E-state index contributed by atoms with van der Waals surface area (Å²) in [5.41, 5.74) is 4.93. The van der Waals surface area contributed by atoms with E-state index in [1.165, 1.54) is 10.2 Å². The summed E-state index contributed by atoms with van der Waals surface area (Å²) >= 11 is 6.98. The average molecular weight is 592 g/mol. The highest BCUT2D eigenvalue weighted by Crippen LogP contribution is 2.26. The van der Waals surface area contributed by atoms with Gasteiger partial charge in [-0.1, -0.05) is 76.0 Å². The third-order valence-corrected chi connectivity index (χ3v) is 7.21. The van der Waals surface area contributed by atoms with E-state index in [1.54, 1.807) is 12.3 Å². The van der Waals surface area contributed by atoms with Crippen molar-refractivity contribution in [3.8, 4) is 0 Å². The number of fused-ring (bicyclic) bond motifs is 2. The maximum atomic E-state index is 13.4. The van der Waals surface area contributed by atoms with Gasteiger partial charge in [-0.05, 0) is 48.9 Å². The number of nitrogens with zero attached hydrogens (tertiary/aromatic N) is 4. The summed E-state index contributed by atoms with van der Waals surface area (Å²) in [7, 11) is 0. The molecule has 0 N–H and O–H groups in total. The Bertz CT molecular complexity index is 1650. The van der Waals surface area contributed by atoms with Crippen molar-refractivity contribution >= 4 is 59.9 Å². The maximum Gasteiger partial charge on any atom is 0.282 e. The predicted molar refractivity (Wildman–Crippen MR) is 151 cm³/mol. The van der Waals surface area contributed by atoms with E-state index in [1.807, 2.05) is 38.1 Å². The Balaban J connectivity index is 1.65. The van der Waals surface area contributed by atoms with Crippen LogP contribution < -0.4 is 5.56 Å². The quantitative estimate of drug-likeness (QED) is 0.202. The number of rotatable bonds is 5. The van der Waals surface area contributed by atoms with Crippen molar-refractivity contribution < 1.29 is 0 Å². The monoisotopic (exact) mass is 590 g/mol. The van der Waals surface area contributed by atoms with Gasteiger partial charge in [-0.2, -0.15) is 9.78 Å². The van der Waals surface area contributed by atoms with Crippen LogP contribution in [-0.4, -0.2) is 20.4 Å². The zero-order valence-electron chi connectivity index (χ0n) is 19.7. The van der Waals surface area contributed by atoms with Gasteiger partial charge < -0.3 is 4.57 Å². The molecule has 7 heteroatoms. The number of benzene rings is 3. The molecule has 0 bridgehead atoms. The Hall–Kier alpha value is -3.03. The van der Waals surface area contributed by atoms with Gasteiger partial charge >= 0.3 is 0 Å². The molecule has 0 unspecified atom stereocenters. The molecule has 35 heavy (non-hydrogen) atoms. The molecule has 3 aromatic carbocycles. The molecule has 5 aromatic rings. The standard InChI is InChI=1S/C28H24Br2N4O/c1-17(2)27-32-25-13-12-21(30)14-23(25)28(35)34(27)31-15-24-18(3)33(26-7-5-4-6-22(24)26)16-19-8-10-20(29)11-9-19/h4-15,17H,16H2,1-3H3. The number of halogens is 2. The molecule has 0 saturated heterocycles. The Morgan fingerprint density at radius 2 is 1.69 bits per heavy atom. The molecular formula is C28H24Br2N4O. The van der Waals surface area contributed by atoms with Crippen LogP contribution in [0.2, 0.25) is 0 Å². The molecule has 0 radical (unpaired) electrons. The summed E-state index contributed by atoms with van der Waals surface area (Å²) in [6, 6.07) is 22.2. The minimum absolute atomic E-state index is 0.0349. The van der Waals surface area contributed by atoms with Crippen LogP contribution in [0.3, 0.4) is 0 Å². The Morgan fingerprint density at radius 1 is 0.971 bits per heavy atom. The highest BCUT2D eigenvalue weighted by Gasteiger charge is 2.16. The molecule has 0 saturated carbocycles. The van der Waals surface area contributed by atoms with E-state index in [0.717, 1.165) is 37.7 Å². The van der Waals surface area contributed by atoms with Crippen molar-refractivity contribution in [3.05, 3.63) is 109 Å². The second kappa shape index (κ2) is 9.55. The molecule has 0 spiro atoms. The molecule has 0 amide bonds.